The minimum Gasteiger partial charge on any atom is -0.378 e. The summed E-state index contributed by atoms with van der Waals surface area (Å²) in [6, 6.07) is -0.442. The van der Waals surface area contributed by atoms with Crippen molar-refractivity contribution < 1.29 is 32.6 Å². The number of anilines is 1. The lowest BCUT2D eigenvalue weighted by molar-refractivity contribution is -0.153. The molecule has 3 fully saturated rings. The lowest BCUT2D eigenvalue weighted by atomic mass is 9.66. The third-order valence-corrected chi connectivity index (χ3v) is 6.84. The van der Waals surface area contributed by atoms with Gasteiger partial charge in [-0.05, 0) is 25.5 Å². The maximum absolute atomic E-state index is 15.5. The Balaban J connectivity index is 1.63. The van der Waals surface area contributed by atoms with Gasteiger partial charge in [0.05, 0.1) is 56.5 Å². The number of amides is 4. The molecule has 182 valence electrons. The fraction of sp³-hybridized carbons (Fsp3) is 0.545. The van der Waals surface area contributed by atoms with Crippen molar-refractivity contribution >= 4 is 29.7 Å². The zero-order valence-electron chi connectivity index (χ0n) is 18.8. The Labute approximate surface area is 194 Å². The Morgan fingerprint density at radius 2 is 1.79 bits per heavy atom. The number of halogens is 2. The van der Waals surface area contributed by atoms with E-state index in [1.54, 1.807) is 18.9 Å². The first kappa shape index (κ1) is 22.7. The molecular weight excluding hydrogens is 452 g/mol. The number of barbiturate groups is 1. The van der Waals surface area contributed by atoms with Gasteiger partial charge in [-0.25, -0.2) is 13.6 Å². The number of benzene rings is 1. The number of nitrogens with zero attached hydrogens (tertiary/aromatic N) is 3. The SMILES string of the molecule is C[C@@H]1CN2c3c(cc(/C=N/N4CCOCC4)c(F)c3F)CC3(C(=O)NC(=O)NC3=O)[C@H]2[C@H](C)O1. The second-order valence-electron chi connectivity index (χ2n) is 9.05. The van der Waals surface area contributed by atoms with Crippen molar-refractivity contribution in [3.8, 4) is 0 Å². The third kappa shape index (κ3) is 3.43. The summed E-state index contributed by atoms with van der Waals surface area (Å²) in [5.41, 5.74) is -1.59. The number of carbonyl (C=O) groups is 3. The third-order valence-electron chi connectivity index (χ3n) is 6.84. The largest absolute Gasteiger partial charge is 0.378 e. The fourth-order valence-electron chi connectivity index (χ4n) is 5.47. The van der Waals surface area contributed by atoms with Crippen molar-refractivity contribution in [3.63, 3.8) is 0 Å². The van der Waals surface area contributed by atoms with Crippen LogP contribution < -0.4 is 15.5 Å². The summed E-state index contributed by atoms with van der Waals surface area (Å²) in [5.74, 6) is -3.72. The topological polar surface area (TPSA) is 113 Å². The predicted octanol–water partition coefficient (Wildman–Crippen LogP) is 0.522. The van der Waals surface area contributed by atoms with E-state index in [9.17, 15) is 14.4 Å². The summed E-state index contributed by atoms with van der Waals surface area (Å²) in [6.45, 7) is 5.60. The molecule has 2 N–H and O–H groups in total. The van der Waals surface area contributed by atoms with E-state index in [1.165, 1.54) is 17.2 Å². The molecule has 3 atom stereocenters. The smallest absolute Gasteiger partial charge is 0.328 e. The van der Waals surface area contributed by atoms with Crippen LogP contribution >= 0.6 is 0 Å². The lowest BCUT2D eigenvalue weighted by Gasteiger charge is -2.55. The number of hydrazone groups is 1. The minimum atomic E-state index is -1.76. The molecule has 4 aliphatic rings. The molecule has 0 unspecified atom stereocenters. The van der Waals surface area contributed by atoms with Crippen LogP contribution in [0.4, 0.5) is 19.3 Å². The Bertz CT molecular complexity index is 1070. The van der Waals surface area contributed by atoms with Crippen LogP contribution in [0.3, 0.4) is 0 Å². The summed E-state index contributed by atoms with van der Waals surface area (Å²) < 4.78 is 41.8. The van der Waals surface area contributed by atoms with E-state index in [1.807, 2.05) is 0 Å². The molecule has 4 heterocycles. The molecule has 4 amide bonds. The number of rotatable bonds is 2. The molecule has 4 aliphatic heterocycles. The Morgan fingerprint density at radius 1 is 1.12 bits per heavy atom. The monoisotopic (exact) mass is 477 g/mol. The predicted molar refractivity (Wildman–Crippen MR) is 115 cm³/mol. The molecule has 1 aromatic rings. The average Bonchev–Trinajstić information content (AvgIpc) is 2.78. The average molecular weight is 477 g/mol. The molecule has 5 rings (SSSR count). The van der Waals surface area contributed by atoms with Crippen molar-refractivity contribution in [1.82, 2.24) is 15.6 Å². The van der Waals surface area contributed by atoms with Crippen LogP contribution in [-0.2, 0) is 25.5 Å². The normalized spacial score (nSPS) is 28.6. The van der Waals surface area contributed by atoms with Crippen LogP contribution in [-0.4, -0.2) is 80.2 Å². The van der Waals surface area contributed by atoms with Crippen molar-refractivity contribution in [2.24, 2.45) is 10.5 Å². The summed E-state index contributed by atoms with van der Waals surface area (Å²) in [7, 11) is 0. The molecule has 0 aromatic heterocycles. The van der Waals surface area contributed by atoms with E-state index in [0.717, 1.165) is 0 Å². The number of fused-ring (bicyclic) bond motifs is 4. The Kier molecular flexibility index (Phi) is 5.52. The number of ether oxygens (including phenoxy) is 2. The molecule has 3 saturated heterocycles. The fourth-order valence-corrected chi connectivity index (χ4v) is 5.47. The van der Waals surface area contributed by atoms with Crippen LogP contribution in [0.5, 0.6) is 0 Å². The Morgan fingerprint density at radius 3 is 2.47 bits per heavy atom. The van der Waals surface area contributed by atoms with E-state index < -0.39 is 47.0 Å². The van der Waals surface area contributed by atoms with Crippen LogP contribution in [0.25, 0.3) is 0 Å². The molecule has 0 bridgehead atoms. The van der Waals surface area contributed by atoms with Gasteiger partial charge in [-0.1, -0.05) is 0 Å². The van der Waals surface area contributed by atoms with E-state index in [2.05, 4.69) is 15.7 Å². The van der Waals surface area contributed by atoms with Gasteiger partial charge >= 0.3 is 6.03 Å². The maximum atomic E-state index is 15.5. The van der Waals surface area contributed by atoms with E-state index >= 15 is 8.78 Å². The van der Waals surface area contributed by atoms with E-state index in [-0.39, 0.29) is 35.9 Å². The number of imide groups is 2. The molecule has 10 nitrogen and oxygen atoms in total. The summed E-state index contributed by atoms with van der Waals surface area (Å²) in [5, 5.41) is 10.3. The van der Waals surface area contributed by atoms with Gasteiger partial charge in [0.25, 0.3) is 0 Å². The molecule has 12 heteroatoms. The van der Waals surface area contributed by atoms with Crippen LogP contribution in [0, 0.1) is 17.0 Å². The van der Waals surface area contributed by atoms with Gasteiger partial charge in [-0.3, -0.25) is 25.2 Å². The highest BCUT2D eigenvalue weighted by Gasteiger charge is 2.63. The van der Waals surface area contributed by atoms with Crippen LogP contribution in [0.2, 0.25) is 0 Å². The number of nitrogens with one attached hydrogen (secondary N) is 2. The first-order valence-corrected chi connectivity index (χ1v) is 11.2. The second kappa shape index (κ2) is 8.27. The molecule has 0 radical (unpaired) electrons. The van der Waals surface area contributed by atoms with Gasteiger partial charge in [-0.15, -0.1) is 0 Å². The van der Waals surface area contributed by atoms with Crippen LogP contribution in [0.1, 0.15) is 25.0 Å². The zero-order chi connectivity index (χ0) is 24.2. The zero-order valence-corrected chi connectivity index (χ0v) is 18.8. The number of morpholine rings is 2. The molecule has 0 aliphatic carbocycles. The molecule has 1 spiro atoms. The highest BCUT2D eigenvalue weighted by Crippen LogP contribution is 2.48. The van der Waals surface area contributed by atoms with Gasteiger partial charge in [0, 0.05) is 18.5 Å². The van der Waals surface area contributed by atoms with Crippen molar-refractivity contribution in [2.75, 3.05) is 37.7 Å². The number of carbonyl (C=O) groups excluding carboxylic acids is 3. The van der Waals surface area contributed by atoms with E-state index in [4.69, 9.17) is 9.47 Å². The van der Waals surface area contributed by atoms with Gasteiger partial charge in [0.15, 0.2) is 17.0 Å². The summed E-state index contributed by atoms with van der Waals surface area (Å²) in [6.07, 6.45) is -0.0356. The first-order chi connectivity index (χ1) is 16.2. The van der Waals surface area contributed by atoms with Gasteiger partial charge in [0.2, 0.25) is 11.8 Å². The maximum Gasteiger partial charge on any atom is 0.328 e. The first-order valence-electron chi connectivity index (χ1n) is 11.2. The van der Waals surface area contributed by atoms with E-state index in [0.29, 0.717) is 26.3 Å². The number of hydrogen-bond acceptors (Lipinski definition) is 8. The molecule has 1 aromatic carbocycles. The lowest BCUT2D eigenvalue weighted by Crippen LogP contribution is -2.75. The van der Waals surface area contributed by atoms with Gasteiger partial charge < -0.3 is 14.4 Å². The molecule has 34 heavy (non-hydrogen) atoms. The van der Waals surface area contributed by atoms with Gasteiger partial charge in [0.1, 0.15) is 0 Å². The molecular formula is C22H25F2N5O5. The van der Waals surface area contributed by atoms with Crippen molar-refractivity contribution in [1.29, 1.82) is 0 Å². The second-order valence-corrected chi connectivity index (χ2v) is 9.05. The van der Waals surface area contributed by atoms with Crippen molar-refractivity contribution in [3.05, 3.63) is 28.8 Å². The quantitative estimate of drug-likeness (QED) is 0.472. The highest BCUT2D eigenvalue weighted by molar-refractivity contribution is 6.20. The summed E-state index contributed by atoms with van der Waals surface area (Å²) in [4.78, 5) is 39.7. The number of hydrogen-bond donors (Lipinski definition) is 2. The van der Waals surface area contributed by atoms with Crippen molar-refractivity contribution in [2.45, 2.75) is 38.5 Å². The van der Waals surface area contributed by atoms with Crippen LogP contribution in [0.15, 0.2) is 11.2 Å². The summed E-state index contributed by atoms with van der Waals surface area (Å²) >= 11 is 0. The minimum absolute atomic E-state index is 0.00357. The van der Waals surface area contributed by atoms with Gasteiger partial charge in [-0.2, -0.15) is 5.10 Å². The highest BCUT2D eigenvalue weighted by atomic mass is 19.2. The Hall–Kier alpha value is -3.12. The number of urea groups is 1. The standard InChI is InChI=1S/C22H25F2N5O5/c1-11-10-29-17-13(7-14(15(23)16(17)24)9-25-28-3-5-33-6-4-28)8-22(18(29)12(2)34-11)19(30)26-21(32)27-20(22)31/h7,9,11-12,18H,3-6,8,10H2,1-2H3,(H2,26,27,30,31,32)/b25-9+/t11-,12+,18-/m1/s1. The molecule has 0 saturated carbocycles.